The van der Waals surface area contributed by atoms with E-state index in [1.165, 1.54) is 23.9 Å². The lowest BCUT2D eigenvalue weighted by Gasteiger charge is -2.49. The van der Waals surface area contributed by atoms with Gasteiger partial charge in [-0.25, -0.2) is 0 Å². The van der Waals surface area contributed by atoms with E-state index in [9.17, 15) is 0 Å². The van der Waals surface area contributed by atoms with Crippen molar-refractivity contribution in [2.75, 3.05) is 0 Å². The van der Waals surface area contributed by atoms with Gasteiger partial charge in [0.25, 0.3) is 0 Å². The molecule has 0 aromatic rings. The largest absolute Gasteiger partial charge is 0.110 e. The topological polar surface area (TPSA) is 0 Å². The van der Waals surface area contributed by atoms with Crippen molar-refractivity contribution < 1.29 is 0 Å². The fraction of sp³-hybridized carbons (Fsp3) is 1.00. The van der Waals surface area contributed by atoms with Crippen molar-refractivity contribution in [2.24, 2.45) is 0 Å². The zero-order chi connectivity index (χ0) is 15.5. The maximum atomic E-state index is 2.96. The normalized spacial score (nSPS) is 18.5. The third kappa shape index (κ3) is 8.91. The van der Waals surface area contributed by atoms with Crippen molar-refractivity contribution >= 4 is 77.5 Å². The summed E-state index contributed by atoms with van der Waals surface area (Å²) in [6.07, 6.45) is 0. The van der Waals surface area contributed by atoms with Crippen LogP contribution in [0.1, 0.15) is 0 Å². The lowest BCUT2D eigenvalue weighted by atomic mass is 11.8. The second-order valence-electron chi connectivity index (χ2n) is 7.64. The van der Waals surface area contributed by atoms with Crippen LogP contribution in [0.15, 0.2) is 0 Å². The van der Waals surface area contributed by atoms with Gasteiger partial charge in [0.05, 0.1) is 23.2 Å². The first kappa shape index (κ1) is 22.7. The summed E-state index contributed by atoms with van der Waals surface area (Å²) >= 11 is 0. The maximum absolute atomic E-state index is 2.96. The highest BCUT2D eigenvalue weighted by Gasteiger charge is 2.46. The van der Waals surface area contributed by atoms with E-state index in [-0.39, 0.29) is 0 Å². The summed E-state index contributed by atoms with van der Waals surface area (Å²) in [4.78, 5) is 0. The van der Waals surface area contributed by atoms with Gasteiger partial charge in [-0.05, 0) is 0 Å². The molecule has 6 atom stereocenters. The molecule has 10 heteroatoms. The van der Waals surface area contributed by atoms with Crippen molar-refractivity contribution in [1.29, 1.82) is 0 Å². The summed E-state index contributed by atoms with van der Waals surface area (Å²) in [7, 11) is 5.17. The summed E-state index contributed by atoms with van der Waals surface area (Å²) in [5.74, 6) is 0. The highest BCUT2D eigenvalue weighted by atomic mass is 32.9. The molecule has 0 saturated heterocycles. The Hall–Kier alpha value is 3.66. The van der Waals surface area contributed by atoms with Crippen molar-refractivity contribution in [3.63, 3.8) is 0 Å². The Morgan fingerprint density at radius 2 is 1.11 bits per heavy atom. The van der Waals surface area contributed by atoms with Crippen molar-refractivity contribution in [1.82, 2.24) is 0 Å². The number of rotatable bonds is 8. The maximum Gasteiger partial charge on any atom is 0.0816 e. The van der Waals surface area contributed by atoms with E-state index in [0.717, 1.165) is 7.96 Å². The van der Waals surface area contributed by atoms with E-state index in [4.69, 9.17) is 0 Å². The summed E-state index contributed by atoms with van der Waals surface area (Å²) in [6.45, 7) is 24.9. The van der Waals surface area contributed by atoms with Crippen LogP contribution in [0.25, 0.3) is 0 Å². The van der Waals surface area contributed by atoms with Crippen LogP contribution < -0.4 is 0 Å². The Bertz CT molecular complexity index is 254. The predicted octanol–water partition coefficient (Wildman–Crippen LogP) is 8.53. The van der Waals surface area contributed by atoms with Gasteiger partial charge in [0.15, 0.2) is 0 Å². The van der Waals surface area contributed by atoms with E-state index in [1.54, 1.807) is 0 Å². The van der Waals surface area contributed by atoms with Gasteiger partial charge in [-0.3, -0.25) is 0 Å². The van der Waals surface area contributed by atoms with Crippen LogP contribution in [-0.2, 0) is 0 Å². The second kappa shape index (κ2) is 9.22. The Balaban J connectivity index is 5.28. The molecule has 0 aliphatic carbocycles. The molecule has 0 fully saturated rings. The molecule has 0 saturated carbocycles. The molecule has 116 valence electrons. The Morgan fingerprint density at radius 1 is 0.684 bits per heavy atom. The Kier molecular flexibility index (Phi) is 11.0. The fourth-order valence-electron chi connectivity index (χ4n) is 2.24. The molecule has 6 unspecified atom stereocenters. The first-order chi connectivity index (χ1) is 8.31. The van der Waals surface area contributed by atoms with Gasteiger partial charge in [-0.2, -0.15) is 0 Å². The highest BCUT2D eigenvalue weighted by molar-refractivity contribution is 8.93. The molecule has 19 heavy (non-hydrogen) atoms. The summed E-state index contributed by atoms with van der Waals surface area (Å²) in [6, 6.07) is 0. The molecule has 0 amide bonds. The quantitative estimate of drug-likeness (QED) is 0.201. The average Bonchev–Trinajstić information content (AvgIpc) is 2.10. The van der Waals surface area contributed by atoms with Gasteiger partial charge in [0.2, 0.25) is 0 Å². The number of hydrogen-bond donors (Lipinski definition) is 0. The summed E-state index contributed by atoms with van der Waals surface area (Å²) in [5, 5.41) is 0. The Morgan fingerprint density at radius 3 is 1.37 bits per heavy atom. The van der Waals surface area contributed by atoms with Crippen molar-refractivity contribution in [2.45, 2.75) is 58.9 Å². The van der Waals surface area contributed by atoms with Gasteiger partial charge < -0.3 is 0 Å². The summed E-state index contributed by atoms with van der Waals surface area (Å²) < 4.78 is 0. The van der Waals surface area contributed by atoms with E-state index in [2.05, 4.69) is 67.9 Å². The van der Waals surface area contributed by atoms with Gasteiger partial charge in [0.1, 0.15) is 0 Å². The zero-order valence-corrected chi connectivity index (χ0v) is 23.9. The average molecular weight is 442 g/mol. The van der Waals surface area contributed by atoms with E-state index in [0.29, 0.717) is 13.6 Å². The molecule has 0 bridgehead atoms. The molecule has 0 aliphatic rings. The molecule has 0 heterocycles. The van der Waals surface area contributed by atoms with Gasteiger partial charge in [-0.1, -0.05) is 97.6 Å². The molecule has 0 aromatic carbocycles. The minimum Gasteiger partial charge on any atom is -0.110 e. The lowest BCUT2D eigenvalue weighted by molar-refractivity contribution is 1.84. The zero-order valence-electron chi connectivity index (χ0n) is 14.0. The summed E-state index contributed by atoms with van der Waals surface area (Å²) in [5.41, 5.74) is 0. The fourth-order valence-corrected chi connectivity index (χ4v) is 154. The van der Waals surface area contributed by atoms with Gasteiger partial charge >= 0.3 is 0 Å². The van der Waals surface area contributed by atoms with Crippen LogP contribution in [0.3, 0.4) is 0 Å². The first-order valence-corrected chi connectivity index (χ1v) is 32.7. The van der Waals surface area contributed by atoms with Crippen molar-refractivity contribution in [3.8, 4) is 0 Å². The molecular formula is C9H33P7Si3. The Labute approximate surface area is 136 Å². The molecule has 0 spiro atoms. The standard InChI is InChI=1S/C9H33P7Si3/c1-17(2,3)15(14-13-12-11-10)16(18(4,5)6)19(7,8)9/h11-14H,10H2,1-9H3. The van der Waals surface area contributed by atoms with Crippen LogP contribution in [0.2, 0.25) is 58.9 Å². The van der Waals surface area contributed by atoms with Crippen LogP contribution in [0.5, 0.6) is 0 Å². The van der Waals surface area contributed by atoms with Gasteiger partial charge in [0, 0.05) is 0 Å². The van der Waals surface area contributed by atoms with Crippen LogP contribution in [0, 0.1) is 0 Å². The lowest BCUT2D eigenvalue weighted by Crippen LogP contribution is -2.34. The molecule has 0 aliphatic heterocycles. The van der Waals surface area contributed by atoms with E-state index < -0.39 is 23.2 Å². The second-order valence-corrected chi connectivity index (χ2v) is 62.1. The third-order valence-corrected chi connectivity index (χ3v) is 91.7. The van der Waals surface area contributed by atoms with Crippen LogP contribution in [-0.4, -0.2) is 23.2 Å². The molecule has 0 nitrogen and oxygen atoms in total. The minimum atomic E-state index is -0.954. The van der Waals surface area contributed by atoms with E-state index in [1.807, 2.05) is 0 Å². The van der Waals surface area contributed by atoms with Crippen LogP contribution >= 0.6 is 54.3 Å². The predicted molar refractivity (Wildman–Crippen MR) is 127 cm³/mol. The van der Waals surface area contributed by atoms with E-state index >= 15 is 0 Å². The highest BCUT2D eigenvalue weighted by Crippen LogP contribution is 2.94. The first-order valence-electron chi connectivity index (χ1n) is 6.63. The SMILES string of the molecule is C[Si](C)(C)P(PPPPP)P([Si](C)(C)C)[Si](C)(C)C. The molecule has 0 rings (SSSR count). The molecule has 0 aromatic heterocycles. The van der Waals surface area contributed by atoms with Crippen molar-refractivity contribution in [3.05, 3.63) is 0 Å². The number of hydrogen-bond acceptors (Lipinski definition) is 0. The monoisotopic (exact) mass is 442 g/mol. The molecule has 0 radical (unpaired) electrons. The molecule has 0 N–H and O–H groups in total. The minimum absolute atomic E-state index is 0.413. The smallest absolute Gasteiger partial charge is 0.0816 e. The van der Waals surface area contributed by atoms with Crippen LogP contribution in [0.4, 0.5) is 0 Å². The van der Waals surface area contributed by atoms with Gasteiger partial charge in [-0.15, -0.1) is 15.6 Å². The third-order valence-electron chi connectivity index (χ3n) is 2.40. The molecular weight excluding hydrogens is 409 g/mol.